The predicted octanol–water partition coefficient (Wildman–Crippen LogP) is 3.33. The van der Waals surface area contributed by atoms with E-state index in [0.717, 1.165) is 36.6 Å². The van der Waals surface area contributed by atoms with Gasteiger partial charge >= 0.3 is 5.63 Å². The van der Waals surface area contributed by atoms with Gasteiger partial charge in [0.15, 0.2) is 6.10 Å². The Hall–Kier alpha value is -2.34. The number of benzene rings is 1. The number of hydrogen-bond acceptors (Lipinski definition) is 5. The number of carbonyl (C=O) groups is 1. The zero-order chi connectivity index (χ0) is 20.8. The van der Waals surface area contributed by atoms with Crippen molar-refractivity contribution in [2.75, 3.05) is 13.1 Å². The van der Waals surface area contributed by atoms with Crippen LogP contribution in [0, 0.1) is 19.8 Å². The van der Waals surface area contributed by atoms with Crippen molar-refractivity contribution in [3.05, 3.63) is 39.7 Å². The highest BCUT2D eigenvalue weighted by molar-refractivity contribution is 5.83. The third kappa shape index (κ3) is 3.66. The Bertz CT molecular complexity index is 997. The number of hydrogen-bond donors (Lipinski definition) is 1. The van der Waals surface area contributed by atoms with Gasteiger partial charge in [0.1, 0.15) is 11.3 Å². The van der Waals surface area contributed by atoms with Crippen LogP contribution >= 0.6 is 0 Å². The lowest BCUT2D eigenvalue weighted by Gasteiger charge is -2.47. The van der Waals surface area contributed by atoms with E-state index < -0.39 is 11.7 Å². The molecule has 1 saturated carbocycles. The normalized spacial score (nSPS) is 25.5. The minimum atomic E-state index is -0.652. The molecule has 0 radical (unpaired) electrons. The monoisotopic (exact) mass is 399 g/mol. The molecule has 1 aliphatic carbocycles. The summed E-state index contributed by atoms with van der Waals surface area (Å²) in [6.45, 7) is 6.53. The molecule has 3 atom stereocenters. The standard InChI is InChI=1S/C23H29NO5/c1-14-15(2)22(26)29-20-12-18(7-8-19(14)20)28-16(3)21(25)24-11-10-23(27)9-5-4-6-17(23)13-24/h7-8,12,16-17,27H,4-6,9-11,13H2,1-3H3/t16-,17+,23+/m1/s1. The number of likely N-dealkylation sites (tertiary alicyclic amines) is 1. The maximum absolute atomic E-state index is 12.9. The molecule has 156 valence electrons. The van der Waals surface area contributed by atoms with Crippen LogP contribution in [0.4, 0.5) is 0 Å². The van der Waals surface area contributed by atoms with Crippen LogP contribution in [0.5, 0.6) is 5.75 Å². The van der Waals surface area contributed by atoms with Crippen molar-refractivity contribution in [1.29, 1.82) is 0 Å². The third-order valence-corrected chi connectivity index (χ3v) is 6.83. The molecule has 1 aromatic heterocycles. The molecule has 0 spiro atoms. The van der Waals surface area contributed by atoms with E-state index >= 15 is 0 Å². The van der Waals surface area contributed by atoms with Gasteiger partial charge in [0, 0.05) is 36.0 Å². The lowest BCUT2D eigenvalue weighted by atomic mass is 9.71. The van der Waals surface area contributed by atoms with E-state index in [-0.39, 0.29) is 17.5 Å². The number of nitrogens with zero attached hydrogens (tertiary/aromatic N) is 1. The number of fused-ring (bicyclic) bond motifs is 2. The predicted molar refractivity (Wildman–Crippen MR) is 110 cm³/mol. The second-order valence-corrected chi connectivity index (χ2v) is 8.64. The number of carbonyl (C=O) groups excluding carboxylic acids is 1. The zero-order valence-electron chi connectivity index (χ0n) is 17.4. The molecule has 29 heavy (non-hydrogen) atoms. The molecule has 6 nitrogen and oxygen atoms in total. The summed E-state index contributed by atoms with van der Waals surface area (Å²) in [7, 11) is 0. The average Bonchev–Trinajstić information content (AvgIpc) is 2.70. The lowest BCUT2D eigenvalue weighted by molar-refractivity contribution is -0.149. The first-order valence-corrected chi connectivity index (χ1v) is 10.5. The van der Waals surface area contributed by atoms with Crippen LogP contribution in [0.2, 0.25) is 0 Å². The Morgan fingerprint density at radius 3 is 2.86 bits per heavy atom. The first-order chi connectivity index (χ1) is 13.8. The van der Waals surface area contributed by atoms with Crippen LogP contribution in [-0.2, 0) is 4.79 Å². The van der Waals surface area contributed by atoms with Gasteiger partial charge in [-0.1, -0.05) is 12.8 Å². The molecule has 4 rings (SSSR count). The third-order valence-electron chi connectivity index (χ3n) is 6.83. The van der Waals surface area contributed by atoms with E-state index in [1.807, 2.05) is 17.9 Å². The maximum atomic E-state index is 12.9. The van der Waals surface area contributed by atoms with Gasteiger partial charge in [-0.25, -0.2) is 4.79 Å². The molecule has 1 N–H and O–H groups in total. The highest BCUT2D eigenvalue weighted by Crippen LogP contribution is 2.40. The lowest BCUT2D eigenvalue weighted by Crippen LogP contribution is -2.56. The molecule has 1 saturated heterocycles. The molecule has 1 aliphatic heterocycles. The van der Waals surface area contributed by atoms with Crippen LogP contribution in [0.1, 0.15) is 50.2 Å². The first-order valence-electron chi connectivity index (χ1n) is 10.5. The minimum absolute atomic E-state index is 0.0701. The van der Waals surface area contributed by atoms with Gasteiger partial charge in [0.25, 0.3) is 5.91 Å². The zero-order valence-corrected chi connectivity index (χ0v) is 17.4. The second kappa shape index (κ2) is 7.48. The summed E-state index contributed by atoms with van der Waals surface area (Å²) in [6, 6.07) is 5.33. The largest absolute Gasteiger partial charge is 0.481 e. The Morgan fingerprint density at radius 1 is 1.28 bits per heavy atom. The second-order valence-electron chi connectivity index (χ2n) is 8.64. The number of aryl methyl sites for hydroxylation is 1. The summed E-state index contributed by atoms with van der Waals surface area (Å²) in [5.74, 6) is 0.581. The molecule has 2 heterocycles. The quantitative estimate of drug-likeness (QED) is 0.801. The van der Waals surface area contributed by atoms with Crippen LogP contribution in [-0.4, -0.2) is 40.7 Å². The van der Waals surface area contributed by atoms with E-state index in [9.17, 15) is 14.7 Å². The van der Waals surface area contributed by atoms with E-state index in [2.05, 4.69) is 0 Å². The van der Waals surface area contributed by atoms with Crippen molar-refractivity contribution in [3.63, 3.8) is 0 Å². The molecular weight excluding hydrogens is 370 g/mol. The van der Waals surface area contributed by atoms with Gasteiger partial charge in [0.05, 0.1) is 5.60 Å². The highest BCUT2D eigenvalue weighted by Gasteiger charge is 2.44. The molecule has 2 aliphatic rings. The van der Waals surface area contributed by atoms with E-state index in [1.165, 1.54) is 0 Å². The van der Waals surface area contributed by atoms with Crippen molar-refractivity contribution < 1.29 is 19.1 Å². The minimum Gasteiger partial charge on any atom is -0.481 e. The fourth-order valence-corrected chi connectivity index (χ4v) is 4.78. The molecule has 0 bridgehead atoms. The van der Waals surface area contributed by atoms with E-state index in [1.54, 1.807) is 26.0 Å². The fraction of sp³-hybridized carbons (Fsp3) is 0.565. The van der Waals surface area contributed by atoms with Crippen molar-refractivity contribution in [2.24, 2.45) is 5.92 Å². The fourth-order valence-electron chi connectivity index (χ4n) is 4.78. The Balaban J connectivity index is 1.47. The summed E-state index contributed by atoms with van der Waals surface area (Å²) in [4.78, 5) is 26.7. The summed E-state index contributed by atoms with van der Waals surface area (Å²) in [5, 5.41) is 11.7. The first kappa shape index (κ1) is 20.0. The van der Waals surface area contributed by atoms with E-state index in [4.69, 9.17) is 9.15 Å². The number of ether oxygens (including phenoxy) is 1. The topological polar surface area (TPSA) is 80.0 Å². The van der Waals surface area contributed by atoms with Crippen molar-refractivity contribution >= 4 is 16.9 Å². The number of piperidine rings is 1. The highest BCUT2D eigenvalue weighted by atomic mass is 16.5. The molecule has 0 unspecified atom stereocenters. The SMILES string of the molecule is Cc1c(C)c2ccc(O[C@H](C)C(=O)N3CC[C@@]4(O)CCCC[C@H]4C3)cc2oc1=O. The molecule has 6 heteroatoms. The Labute approximate surface area is 170 Å². The summed E-state index contributed by atoms with van der Waals surface area (Å²) in [6.07, 6.45) is 3.97. The van der Waals surface area contributed by atoms with Crippen LogP contribution in [0.15, 0.2) is 27.4 Å². The van der Waals surface area contributed by atoms with Gasteiger partial charge in [-0.2, -0.15) is 0 Å². The van der Waals surface area contributed by atoms with Crippen LogP contribution < -0.4 is 10.4 Å². The van der Waals surface area contributed by atoms with Crippen LogP contribution in [0.25, 0.3) is 11.0 Å². The molecule has 1 amide bonds. The van der Waals surface area contributed by atoms with Gasteiger partial charge in [-0.3, -0.25) is 4.79 Å². The van der Waals surface area contributed by atoms with Crippen molar-refractivity contribution in [2.45, 2.75) is 64.6 Å². The summed E-state index contributed by atoms with van der Waals surface area (Å²) >= 11 is 0. The molecular formula is C23H29NO5. The van der Waals surface area contributed by atoms with E-state index in [0.29, 0.717) is 36.4 Å². The van der Waals surface area contributed by atoms with Gasteiger partial charge < -0.3 is 19.2 Å². The van der Waals surface area contributed by atoms with Crippen LogP contribution in [0.3, 0.4) is 0 Å². The molecule has 2 aromatic rings. The van der Waals surface area contributed by atoms with Crippen molar-refractivity contribution in [3.8, 4) is 5.75 Å². The van der Waals surface area contributed by atoms with Gasteiger partial charge in [0.2, 0.25) is 0 Å². The number of amides is 1. The average molecular weight is 399 g/mol. The number of aliphatic hydroxyl groups is 1. The Morgan fingerprint density at radius 2 is 2.07 bits per heavy atom. The summed E-state index contributed by atoms with van der Waals surface area (Å²) in [5.41, 5.74) is 0.984. The van der Waals surface area contributed by atoms with Gasteiger partial charge in [-0.15, -0.1) is 0 Å². The number of rotatable bonds is 3. The molecule has 2 fully saturated rings. The van der Waals surface area contributed by atoms with Crippen molar-refractivity contribution in [1.82, 2.24) is 4.90 Å². The Kier molecular flexibility index (Phi) is 5.15. The summed E-state index contributed by atoms with van der Waals surface area (Å²) < 4.78 is 11.3. The maximum Gasteiger partial charge on any atom is 0.339 e. The molecule has 1 aromatic carbocycles. The van der Waals surface area contributed by atoms with Gasteiger partial charge in [-0.05, 0) is 57.7 Å². The smallest absolute Gasteiger partial charge is 0.339 e.